The summed E-state index contributed by atoms with van der Waals surface area (Å²) in [6.07, 6.45) is 1.69. The molecule has 0 saturated carbocycles. The lowest BCUT2D eigenvalue weighted by Crippen LogP contribution is -2.46. The second kappa shape index (κ2) is 8.86. The summed E-state index contributed by atoms with van der Waals surface area (Å²) in [5, 5.41) is 7.87. The molecule has 0 spiro atoms. The standard InChI is InChI=1S/C20H21N5O2.ClH/c1-27-19-8-7-16(14-22-19)25-18(15-5-3-2-4-6-15)13-17(23-25)20(26)24-11-9-21-10-12-24;/h2-8,13-14,21H,9-12H2,1H3;1H. The molecule has 0 radical (unpaired) electrons. The van der Waals surface area contributed by atoms with Crippen LogP contribution < -0.4 is 10.1 Å². The zero-order chi connectivity index (χ0) is 18.6. The Morgan fingerprint density at radius 1 is 1.11 bits per heavy atom. The van der Waals surface area contributed by atoms with Crippen molar-refractivity contribution in [2.24, 2.45) is 0 Å². The fraction of sp³-hybridized carbons (Fsp3) is 0.250. The summed E-state index contributed by atoms with van der Waals surface area (Å²) in [7, 11) is 1.58. The molecule has 1 amide bonds. The number of amides is 1. The molecular formula is C20H22ClN5O2. The highest BCUT2D eigenvalue weighted by molar-refractivity contribution is 5.93. The number of rotatable bonds is 4. The van der Waals surface area contributed by atoms with Crippen LogP contribution in [0.1, 0.15) is 10.5 Å². The van der Waals surface area contributed by atoms with Crippen molar-refractivity contribution in [1.82, 2.24) is 25.0 Å². The van der Waals surface area contributed by atoms with Crippen molar-refractivity contribution in [2.45, 2.75) is 0 Å². The molecule has 1 saturated heterocycles. The first-order valence-electron chi connectivity index (χ1n) is 8.92. The molecule has 4 rings (SSSR count). The van der Waals surface area contributed by atoms with E-state index in [1.165, 1.54) is 0 Å². The van der Waals surface area contributed by atoms with Gasteiger partial charge in [-0.2, -0.15) is 5.10 Å². The van der Waals surface area contributed by atoms with Crippen molar-refractivity contribution in [3.05, 3.63) is 60.4 Å². The lowest BCUT2D eigenvalue weighted by Gasteiger charge is -2.26. The van der Waals surface area contributed by atoms with Gasteiger partial charge in [0.15, 0.2) is 5.69 Å². The molecule has 1 aliphatic heterocycles. The fourth-order valence-corrected chi connectivity index (χ4v) is 3.15. The van der Waals surface area contributed by atoms with Gasteiger partial charge in [-0.05, 0) is 12.1 Å². The Hall–Kier alpha value is -2.90. The maximum Gasteiger partial charge on any atom is 0.274 e. The highest BCUT2D eigenvalue weighted by Crippen LogP contribution is 2.25. The van der Waals surface area contributed by atoms with Crippen LogP contribution in [0.5, 0.6) is 5.88 Å². The number of hydrogen-bond acceptors (Lipinski definition) is 5. The van der Waals surface area contributed by atoms with E-state index in [1.54, 1.807) is 24.1 Å². The van der Waals surface area contributed by atoms with E-state index in [-0.39, 0.29) is 18.3 Å². The van der Waals surface area contributed by atoms with Gasteiger partial charge in [-0.25, -0.2) is 9.67 Å². The molecule has 1 aliphatic rings. The largest absolute Gasteiger partial charge is 0.481 e. The molecule has 3 aromatic rings. The first-order valence-corrected chi connectivity index (χ1v) is 8.92. The Morgan fingerprint density at radius 2 is 1.86 bits per heavy atom. The van der Waals surface area contributed by atoms with Gasteiger partial charge < -0.3 is 15.0 Å². The zero-order valence-electron chi connectivity index (χ0n) is 15.5. The maximum absolute atomic E-state index is 12.9. The van der Waals surface area contributed by atoms with Crippen LogP contribution in [-0.2, 0) is 0 Å². The van der Waals surface area contributed by atoms with Crippen molar-refractivity contribution < 1.29 is 9.53 Å². The summed E-state index contributed by atoms with van der Waals surface area (Å²) in [6.45, 7) is 2.99. The molecular weight excluding hydrogens is 378 g/mol. The van der Waals surface area contributed by atoms with Crippen molar-refractivity contribution in [1.29, 1.82) is 0 Å². The number of ether oxygens (including phenoxy) is 1. The minimum absolute atomic E-state index is 0. The van der Waals surface area contributed by atoms with Crippen molar-refractivity contribution >= 4 is 18.3 Å². The predicted molar refractivity (Wildman–Crippen MR) is 109 cm³/mol. The quantitative estimate of drug-likeness (QED) is 0.729. The van der Waals surface area contributed by atoms with Crippen molar-refractivity contribution in [3.8, 4) is 22.8 Å². The van der Waals surface area contributed by atoms with E-state index in [4.69, 9.17) is 4.74 Å². The average molecular weight is 400 g/mol. The van der Waals surface area contributed by atoms with Gasteiger partial charge in [-0.3, -0.25) is 4.79 Å². The van der Waals surface area contributed by atoms with Gasteiger partial charge in [-0.1, -0.05) is 30.3 Å². The first kappa shape index (κ1) is 19.9. The van der Waals surface area contributed by atoms with Gasteiger partial charge in [0.2, 0.25) is 5.88 Å². The monoisotopic (exact) mass is 399 g/mol. The molecule has 0 atom stereocenters. The highest BCUT2D eigenvalue weighted by Gasteiger charge is 2.23. The van der Waals surface area contributed by atoms with Crippen molar-refractivity contribution in [2.75, 3.05) is 33.3 Å². The van der Waals surface area contributed by atoms with E-state index in [0.29, 0.717) is 24.7 Å². The summed E-state index contributed by atoms with van der Waals surface area (Å²) >= 11 is 0. The molecule has 0 bridgehead atoms. The van der Waals surface area contributed by atoms with Crippen LogP contribution in [0.2, 0.25) is 0 Å². The lowest BCUT2D eigenvalue weighted by molar-refractivity contribution is 0.0729. The van der Waals surface area contributed by atoms with E-state index in [1.807, 2.05) is 47.4 Å². The van der Waals surface area contributed by atoms with E-state index in [0.717, 1.165) is 30.0 Å². The third-order valence-electron chi connectivity index (χ3n) is 4.58. The van der Waals surface area contributed by atoms with Crippen LogP contribution in [0.25, 0.3) is 16.9 Å². The minimum atomic E-state index is -0.0473. The molecule has 3 heterocycles. The number of carbonyl (C=O) groups excluding carboxylic acids is 1. The summed E-state index contributed by atoms with van der Waals surface area (Å²) in [5.41, 5.74) is 3.04. The number of hydrogen-bond donors (Lipinski definition) is 1. The van der Waals surface area contributed by atoms with Gasteiger partial charge in [0.05, 0.1) is 24.7 Å². The smallest absolute Gasteiger partial charge is 0.274 e. The van der Waals surface area contributed by atoms with Crippen LogP contribution in [0.3, 0.4) is 0 Å². The Balaban J connectivity index is 0.00000225. The normalized spacial score (nSPS) is 13.7. The molecule has 1 N–H and O–H groups in total. The van der Waals surface area contributed by atoms with Crippen LogP contribution in [0.15, 0.2) is 54.7 Å². The number of aromatic nitrogens is 3. The number of nitrogens with zero attached hydrogens (tertiary/aromatic N) is 4. The molecule has 0 aliphatic carbocycles. The molecule has 146 valence electrons. The maximum atomic E-state index is 12.9. The highest BCUT2D eigenvalue weighted by atomic mass is 35.5. The predicted octanol–water partition coefficient (Wildman–Crippen LogP) is 2.41. The Bertz CT molecular complexity index is 922. The average Bonchev–Trinajstić information content (AvgIpc) is 3.20. The van der Waals surface area contributed by atoms with Gasteiger partial charge in [0.25, 0.3) is 5.91 Å². The minimum Gasteiger partial charge on any atom is -0.481 e. The number of piperazine rings is 1. The molecule has 8 heteroatoms. The molecule has 0 unspecified atom stereocenters. The topological polar surface area (TPSA) is 72.3 Å². The van der Waals surface area contributed by atoms with E-state index >= 15 is 0 Å². The first-order chi connectivity index (χ1) is 13.3. The van der Waals surface area contributed by atoms with Crippen LogP contribution in [-0.4, -0.2) is 58.9 Å². The molecule has 28 heavy (non-hydrogen) atoms. The number of methoxy groups -OCH3 is 1. The summed E-state index contributed by atoms with van der Waals surface area (Å²) in [5.74, 6) is 0.484. The van der Waals surface area contributed by atoms with Crippen LogP contribution >= 0.6 is 12.4 Å². The third-order valence-corrected chi connectivity index (χ3v) is 4.58. The third kappa shape index (κ3) is 4.00. The lowest BCUT2D eigenvalue weighted by atomic mass is 10.1. The number of pyridine rings is 1. The second-order valence-corrected chi connectivity index (χ2v) is 6.29. The van der Waals surface area contributed by atoms with E-state index in [9.17, 15) is 4.79 Å². The number of carbonyl (C=O) groups is 1. The summed E-state index contributed by atoms with van der Waals surface area (Å²) in [4.78, 5) is 19.0. The number of halogens is 1. The Morgan fingerprint density at radius 3 is 2.50 bits per heavy atom. The van der Waals surface area contributed by atoms with Gasteiger partial charge in [0.1, 0.15) is 0 Å². The van der Waals surface area contributed by atoms with Crippen LogP contribution in [0, 0.1) is 0 Å². The Kier molecular flexibility index (Phi) is 6.28. The SMILES string of the molecule is COc1ccc(-n2nc(C(=O)N3CCNCC3)cc2-c2ccccc2)cn1.Cl. The van der Waals surface area contributed by atoms with E-state index < -0.39 is 0 Å². The second-order valence-electron chi connectivity index (χ2n) is 6.29. The van der Waals surface area contributed by atoms with E-state index in [2.05, 4.69) is 15.4 Å². The number of benzene rings is 1. The van der Waals surface area contributed by atoms with Gasteiger partial charge in [0, 0.05) is 37.8 Å². The summed E-state index contributed by atoms with van der Waals surface area (Å²) in [6, 6.07) is 15.4. The van der Waals surface area contributed by atoms with Gasteiger partial charge >= 0.3 is 0 Å². The van der Waals surface area contributed by atoms with Crippen LogP contribution in [0.4, 0.5) is 0 Å². The zero-order valence-corrected chi connectivity index (χ0v) is 16.4. The van der Waals surface area contributed by atoms with Crippen molar-refractivity contribution in [3.63, 3.8) is 0 Å². The molecule has 7 nitrogen and oxygen atoms in total. The Labute approximate surface area is 169 Å². The van der Waals surface area contributed by atoms with Gasteiger partial charge in [-0.15, -0.1) is 12.4 Å². The molecule has 2 aromatic heterocycles. The molecule has 1 aromatic carbocycles. The molecule has 1 fully saturated rings. The summed E-state index contributed by atoms with van der Waals surface area (Å²) < 4.78 is 6.90. The fourth-order valence-electron chi connectivity index (χ4n) is 3.15. The number of nitrogens with one attached hydrogen (secondary N) is 1.